The van der Waals surface area contributed by atoms with Crippen LogP contribution in [0.25, 0.3) is 16.8 Å². The fraction of sp³-hybridized carbons (Fsp3) is 0.333. The van der Waals surface area contributed by atoms with Crippen molar-refractivity contribution in [3.63, 3.8) is 0 Å². The minimum absolute atomic E-state index is 0.0478. The van der Waals surface area contributed by atoms with Crippen molar-refractivity contribution in [3.05, 3.63) is 48.0 Å². The first-order valence-electron chi connectivity index (χ1n) is 9.07. The number of fused-ring (bicyclic) bond motifs is 1. The van der Waals surface area contributed by atoms with E-state index < -0.39 is 0 Å². The van der Waals surface area contributed by atoms with E-state index in [0.717, 1.165) is 22.1 Å². The Kier molecular flexibility index (Phi) is 5.96. The summed E-state index contributed by atoms with van der Waals surface area (Å²) in [5.41, 5.74) is 0.964. The van der Waals surface area contributed by atoms with Crippen LogP contribution >= 0.6 is 0 Å². The summed E-state index contributed by atoms with van der Waals surface area (Å²) >= 11 is 0. The molecule has 3 rings (SSSR count). The second-order valence-corrected chi connectivity index (χ2v) is 6.32. The fourth-order valence-electron chi connectivity index (χ4n) is 3.07. The van der Waals surface area contributed by atoms with Gasteiger partial charge in [-0.1, -0.05) is 18.2 Å². The summed E-state index contributed by atoms with van der Waals surface area (Å²) in [6.45, 7) is 4.16. The highest BCUT2D eigenvalue weighted by atomic mass is 16.6. The van der Waals surface area contributed by atoms with Crippen LogP contribution in [0.15, 0.2) is 42.5 Å². The smallest absolute Gasteiger partial charge is 0.409 e. The van der Waals surface area contributed by atoms with Gasteiger partial charge in [-0.15, -0.1) is 0 Å². The van der Waals surface area contributed by atoms with Crippen molar-refractivity contribution in [2.75, 3.05) is 39.9 Å². The van der Waals surface area contributed by atoms with E-state index in [1.54, 1.807) is 29.9 Å². The molecule has 27 heavy (non-hydrogen) atoms. The standard InChI is InChI=1S/C21H24N2O4/c1-3-27-21(25)23-12-10-22(11-13-23)20(24)9-5-16-4-6-18-15-19(26-2)8-7-17(18)14-16/h4-9,14-15H,3,10-13H2,1-2H3/b9-5+. The van der Waals surface area contributed by atoms with Crippen LogP contribution in [0.5, 0.6) is 5.75 Å². The lowest BCUT2D eigenvalue weighted by Gasteiger charge is -2.33. The lowest BCUT2D eigenvalue weighted by Crippen LogP contribution is -2.50. The molecule has 1 saturated heterocycles. The molecule has 0 unspecified atom stereocenters. The minimum atomic E-state index is -0.312. The fourth-order valence-corrected chi connectivity index (χ4v) is 3.07. The zero-order chi connectivity index (χ0) is 19.2. The zero-order valence-corrected chi connectivity index (χ0v) is 15.7. The van der Waals surface area contributed by atoms with Crippen molar-refractivity contribution in [2.45, 2.75) is 6.92 Å². The third-order valence-corrected chi connectivity index (χ3v) is 4.61. The Morgan fingerprint density at radius 2 is 1.67 bits per heavy atom. The van der Waals surface area contributed by atoms with Crippen molar-refractivity contribution in [1.29, 1.82) is 0 Å². The number of hydrogen-bond donors (Lipinski definition) is 0. The molecule has 1 heterocycles. The van der Waals surface area contributed by atoms with Gasteiger partial charge in [0, 0.05) is 32.3 Å². The van der Waals surface area contributed by atoms with Gasteiger partial charge in [-0.2, -0.15) is 0 Å². The molecule has 0 radical (unpaired) electrons. The van der Waals surface area contributed by atoms with Gasteiger partial charge in [0.05, 0.1) is 13.7 Å². The Hall–Kier alpha value is -3.02. The number of amides is 2. The van der Waals surface area contributed by atoms with Gasteiger partial charge < -0.3 is 19.3 Å². The maximum atomic E-state index is 12.4. The van der Waals surface area contributed by atoms with E-state index in [-0.39, 0.29) is 12.0 Å². The highest BCUT2D eigenvalue weighted by Gasteiger charge is 2.23. The largest absolute Gasteiger partial charge is 0.497 e. The molecule has 0 N–H and O–H groups in total. The Morgan fingerprint density at radius 1 is 1.00 bits per heavy atom. The monoisotopic (exact) mass is 368 g/mol. The number of ether oxygens (including phenoxy) is 2. The van der Waals surface area contributed by atoms with E-state index >= 15 is 0 Å². The van der Waals surface area contributed by atoms with Gasteiger partial charge in [-0.3, -0.25) is 4.79 Å². The SMILES string of the molecule is CCOC(=O)N1CCN(C(=O)/C=C/c2ccc3cc(OC)ccc3c2)CC1. The number of methoxy groups -OCH3 is 1. The molecule has 2 aromatic carbocycles. The molecule has 1 fully saturated rings. The van der Waals surface area contributed by atoms with E-state index in [9.17, 15) is 9.59 Å². The van der Waals surface area contributed by atoms with E-state index in [1.165, 1.54) is 0 Å². The van der Waals surface area contributed by atoms with Gasteiger partial charge in [0.2, 0.25) is 5.91 Å². The molecule has 2 amide bonds. The number of nitrogens with zero attached hydrogens (tertiary/aromatic N) is 2. The molecular formula is C21H24N2O4. The van der Waals surface area contributed by atoms with Crippen molar-refractivity contribution in [2.24, 2.45) is 0 Å². The highest BCUT2D eigenvalue weighted by molar-refractivity contribution is 5.93. The van der Waals surface area contributed by atoms with Crippen LogP contribution < -0.4 is 4.74 Å². The Labute approximate surface area is 159 Å². The summed E-state index contributed by atoms with van der Waals surface area (Å²) in [5.74, 6) is 0.774. The third-order valence-electron chi connectivity index (χ3n) is 4.61. The molecule has 0 aromatic heterocycles. The van der Waals surface area contributed by atoms with Gasteiger partial charge in [-0.25, -0.2) is 4.79 Å². The second-order valence-electron chi connectivity index (χ2n) is 6.32. The summed E-state index contributed by atoms with van der Waals surface area (Å²) in [5, 5.41) is 2.18. The summed E-state index contributed by atoms with van der Waals surface area (Å²) in [6.07, 6.45) is 3.10. The quantitative estimate of drug-likeness (QED) is 0.778. The van der Waals surface area contributed by atoms with Gasteiger partial charge in [0.15, 0.2) is 0 Å². The zero-order valence-electron chi connectivity index (χ0n) is 15.7. The molecule has 142 valence electrons. The molecule has 0 aliphatic carbocycles. The number of piperazine rings is 1. The highest BCUT2D eigenvalue weighted by Crippen LogP contribution is 2.22. The molecule has 0 spiro atoms. The molecular weight excluding hydrogens is 344 g/mol. The lowest BCUT2D eigenvalue weighted by molar-refractivity contribution is -0.127. The summed E-state index contributed by atoms with van der Waals surface area (Å²) in [4.78, 5) is 27.5. The molecule has 1 aliphatic rings. The number of benzene rings is 2. The van der Waals surface area contributed by atoms with Gasteiger partial charge in [0.1, 0.15) is 5.75 Å². The van der Waals surface area contributed by atoms with Crippen molar-refractivity contribution in [3.8, 4) is 5.75 Å². The summed E-state index contributed by atoms with van der Waals surface area (Å²) in [7, 11) is 1.65. The van der Waals surface area contributed by atoms with Gasteiger partial charge in [0.25, 0.3) is 0 Å². The van der Waals surface area contributed by atoms with Crippen LogP contribution in [-0.4, -0.2) is 61.7 Å². The Morgan fingerprint density at radius 3 is 2.37 bits per heavy atom. The predicted molar refractivity (Wildman–Crippen MR) is 105 cm³/mol. The van der Waals surface area contributed by atoms with Crippen molar-refractivity contribution in [1.82, 2.24) is 9.80 Å². The normalized spacial score (nSPS) is 14.6. The first-order valence-corrected chi connectivity index (χ1v) is 9.07. The molecule has 0 atom stereocenters. The van der Waals surface area contributed by atoms with Crippen LogP contribution in [0.3, 0.4) is 0 Å². The predicted octanol–water partition coefficient (Wildman–Crippen LogP) is 3.16. The first-order chi connectivity index (χ1) is 13.1. The van der Waals surface area contributed by atoms with Crippen LogP contribution in [0.4, 0.5) is 4.79 Å². The van der Waals surface area contributed by atoms with E-state index in [1.807, 2.05) is 42.5 Å². The minimum Gasteiger partial charge on any atom is -0.497 e. The van der Waals surface area contributed by atoms with Crippen LogP contribution in [0.1, 0.15) is 12.5 Å². The van der Waals surface area contributed by atoms with Gasteiger partial charge in [-0.05, 0) is 47.5 Å². The van der Waals surface area contributed by atoms with Crippen LogP contribution in [0.2, 0.25) is 0 Å². The first kappa shape index (κ1) is 18.8. The van der Waals surface area contributed by atoms with E-state index in [0.29, 0.717) is 32.8 Å². The Bertz CT molecular complexity index is 854. The lowest BCUT2D eigenvalue weighted by atomic mass is 10.1. The Balaban J connectivity index is 1.60. The second kappa shape index (κ2) is 8.58. The number of carbonyl (C=O) groups is 2. The molecule has 6 heteroatoms. The van der Waals surface area contributed by atoms with E-state index in [2.05, 4.69) is 0 Å². The maximum absolute atomic E-state index is 12.4. The maximum Gasteiger partial charge on any atom is 0.409 e. The molecule has 1 aliphatic heterocycles. The topological polar surface area (TPSA) is 59.1 Å². The van der Waals surface area contributed by atoms with Gasteiger partial charge >= 0.3 is 6.09 Å². The van der Waals surface area contributed by atoms with Crippen LogP contribution in [-0.2, 0) is 9.53 Å². The molecule has 6 nitrogen and oxygen atoms in total. The van der Waals surface area contributed by atoms with Crippen molar-refractivity contribution < 1.29 is 19.1 Å². The number of rotatable bonds is 4. The number of hydrogen-bond acceptors (Lipinski definition) is 4. The summed E-state index contributed by atoms with van der Waals surface area (Å²) in [6, 6.07) is 11.9. The molecule has 0 bridgehead atoms. The number of carbonyl (C=O) groups excluding carboxylic acids is 2. The van der Waals surface area contributed by atoms with Crippen LogP contribution in [0, 0.1) is 0 Å². The van der Waals surface area contributed by atoms with E-state index in [4.69, 9.17) is 9.47 Å². The summed E-state index contributed by atoms with van der Waals surface area (Å²) < 4.78 is 10.2. The third kappa shape index (κ3) is 4.58. The molecule has 0 saturated carbocycles. The average Bonchev–Trinajstić information content (AvgIpc) is 2.71. The van der Waals surface area contributed by atoms with Crippen molar-refractivity contribution >= 4 is 28.8 Å². The average molecular weight is 368 g/mol. The molecule has 2 aromatic rings.